The van der Waals surface area contributed by atoms with Crippen LogP contribution in [-0.2, 0) is 14.3 Å². The number of rotatable bonds is 1. The monoisotopic (exact) mass is 348 g/mol. The normalized spacial score (nSPS) is 35.2. The third-order valence-corrected chi connectivity index (χ3v) is 6.17. The van der Waals surface area contributed by atoms with Crippen LogP contribution in [0.4, 0.5) is 5.69 Å². The van der Waals surface area contributed by atoms with Crippen LogP contribution >= 0.6 is 0 Å². The second-order valence-electron chi connectivity index (χ2n) is 7.69. The quantitative estimate of drug-likeness (QED) is 0.731. The fraction of sp³-hybridized carbons (Fsp3) is 0.421. The van der Waals surface area contributed by atoms with Crippen LogP contribution in [0.25, 0.3) is 11.0 Å². The number of hydrogen-bond acceptors (Lipinski definition) is 6. The lowest BCUT2D eigenvalue weighted by Crippen LogP contribution is -2.40. The molecule has 1 aromatic heterocycles. The van der Waals surface area contributed by atoms with Gasteiger partial charge < -0.3 is 4.74 Å². The van der Waals surface area contributed by atoms with E-state index < -0.39 is 23.0 Å². The molecule has 0 radical (unpaired) electrons. The van der Waals surface area contributed by atoms with Crippen molar-refractivity contribution in [3.63, 3.8) is 0 Å². The number of aromatic nitrogens is 2. The first-order valence-corrected chi connectivity index (χ1v) is 8.61. The summed E-state index contributed by atoms with van der Waals surface area (Å²) in [5.41, 5.74) is 0.324. The van der Waals surface area contributed by atoms with Gasteiger partial charge in [0.2, 0.25) is 11.8 Å². The Hall–Kier alpha value is -2.85. The minimum atomic E-state index is -0.602. The number of hydrogen-bond donors (Lipinski definition) is 0. The maximum atomic E-state index is 13.2. The maximum Gasteiger partial charge on any atom is 0.240 e. The Morgan fingerprint density at radius 2 is 1.65 bits per heavy atom. The van der Waals surface area contributed by atoms with E-state index in [0.717, 1.165) is 12.8 Å². The lowest BCUT2D eigenvalue weighted by atomic mass is 9.69. The van der Waals surface area contributed by atoms with E-state index in [0.29, 0.717) is 22.3 Å². The van der Waals surface area contributed by atoms with Gasteiger partial charge in [0.05, 0.1) is 34.3 Å². The van der Waals surface area contributed by atoms with Crippen molar-refractivity contribution in [3.8, 4) is 6.07 Å². The Labute approximate surface area is 149 Å². The van der Waals surface area contributed by atoms with Crippen molar-refractivity contribution in [2.24, 2.45) is 11.8 Å². The van der Waals surface area contributed by atoms with E-state index in [1.807, 2.05) is 13.8 Å². The van der Waals surface area contributed by atoms with Gasteiger partial charge in [-0.1, -0.05) is 0 Å². The summed E-state index contributed by atoms with van der Waals surface area (Å²) < 4.78 is 6.12. The van der Waals surface area contributed by atoms with Crippen molar-refractivity contribution in [1.82, 2.24) is 9.97 Å². The molecule has 1 aromatic carbocycles. The smallest absolute Gasteiger partial charge is 0.240 e. The van der Waals surface area contributed by atoms with Crippen molar-refractivity contribution in [1.29, 1.82) is 5.26 Å². The summed E-state index contributed by atoms with van der Waals surface area (Å²) in [5, 5.41) is 9.29. The number of carbonyl (C=O) groups is 2. The van der Waals surface area contributed by atoms with Crippen LogP contribution in [0, 0.1) is 23.2 Å². The number of benzene rings is 1. The number of fused-ring (bicyclic) bond motifs is 6. The standard InChI is InChI=1S/C19H16N4O3/c1-18-5-6-19(2,26-18)13-12(18)16(24)23(17(13)25)11-4-3-10(9-20)14-15(11)22-8-7-21-14/h3-4,7-8,12-13H,5-6H2,1-2H3/t12-,13+,18+,19?/m0/s1. The molecule has 4 heterocycles. The van der Waals surface area contributed by atoms with Crippen molar-refractivity contribution < 1.29 is 14.3 Å². The summed E-state index contributed by atoms with van der Waals surface area (Å²) in [6.07, 6.45) is 4.52. The number of nitriles is 1. The molecule has 0 saturated carbocycles. The van der Waals surface area contributed by atoms with E-state index in [1.54, 1.807) is 12.1 Å². The maximum absolute atomic E-state index is 13.2. The highest BCUT2D eigenvalue weighted by atomic mass is 16.5. The van der Waals surface area contributed by atoms with Crippen LogP contribution in [0.3, 0.4) is 0 Å². The Balaban J connectivity index is 1.70. The van der Waals surface area contributed by atoms with E-state index in [1.165, 1.54) is 17.3 Å². The molecular formula is C19H16N4O3. The molecule has 7 heteroatoms. The SMILES string of the molecule is CC12CC[C@@](C)(O1)[C@@H]1C(=O)N(c3ccc(C#N)c4nccnc34)C(=O)[C@@H]12. The summed E-state index contributed by atoms with van der Waals surface area (Å²) >= 11 is 0. The number of nitrogens with zero attached hydrogens (tertiary/aromatic N) is 4. The zero-order valence-corrected chi connectivity index (χ0v) is 14.4. The molecule has 1 unspecified atom stereocenters. The van der Waals surface area contributed by atoms with E-state index in [4.69, 9.17) is 4.74 Å². The van der Waals surface area contributed by atoms with E-state index in [2.05, 4.69) is 16.0 Å². The van der Waals surface area contributed by atoms with Crippen LogP contribution in [-0.4, -0.2) is 33.0 Å². The lowest BCUT2D eigenvalue weighted by molar-refractivity contribution is -0.129. The molecule has 26 heavy (non-hydrogen) atoms. The first-order valence-electron chi connectivity index (χ1n) is 8.61. The Bertz CT molecular complexity index is 1010. The first-order chi connectivity index (χ1) is 12.4. The molecule has 3 aliphatic heterocycles. The van der Waals surface area contributed by atoms with E-state index >= 15 is 0 Å². The van der Waals surface area contributed by atoms with Crippen molar-refractivity contribution in [2.45, 2.75) is 37.9 Å². The van der Waals surface area contributed by atoms with Gasteiger partial charge >= 0.3 is 0 Å². The third kappa shape index (κ3) is 1.65. The fourth-order valence-electron chi connectivity index (χ4n) is 5.02. The van der Waals surface area contributed by atoms with Gasteiger partial charge in [0.15, 0.2) is 0 Å². The van der Waals surface area contributed by atoms with Crippen molar-refractivity contribution in [2.75, 3.05) is 4.90 Å². The van der Waals surface area contributed by atoms with E-state index in [9.17, 15) is 14.9 Å². The Kier molecular flexibility index (Phi) is 2.76. The van der Waals surface area contributed by atoms with Gasteiger partial charge in [-0.3, -0.25) is 19.6 Å². The molecule has 0 aliphatic carbocycles. The van der Waals surface area contributed by atoms with Crippen molar-refractivity contribution in [3.05, 3.63) is 30.1 Å². The molecule has 4 atom stereocenters. The van der Waals surface area contributed by atoms with Gasteiger partial charge in [0.1, 0.15) is 17.1 Å². The predicted molar refractivity (Wildman–Crippen MR) is 90.9 cm³/mol. The van der Waals surface area contributed by atoms with Gasteiger partial charge in [0.25, 0.3) is 0 Å². The minimum absolute atomic E-state index is 0.248. The summed E-state index contributed by atoms with van der Waals surface area (Å²) in [7, 11) is 0. The van der Waals surface area contributed by atoms with Crippen LogP contribution in [0.15, 0.2) is 24.5 Å². The zero-order valence-electron chi connectivity index (χ0n) is 14.4. The zero-order chi connectivity index (χ0) is 18.3. The Morgan fingerprint density at radius 1 is 1.08 bits per heavy atom. The number of amides is 2. The molecule has 2 aromatic rings. The summed E-state index contributed by atoms with van der Waals surface area (Å²) in [5.74, 6) is -1.45. The second-order valence-corrected chi connectivity index (χ2v) is 7.69. The Morgan fingerprint density at radius 3 is 2.23 bits per heavy atom. The van der Waals surface area contributed by atoms with Crippen LogP contribution in [0.1, 0.15) is 32.3 Å². The summed E-state index contributed by atoms with van der Waals surface area (Å²) in [6, 6.07) is 5.27. The molecule has 0 N–H and O–H groups in total. The average Bonchev–Trinajstić information content (AvgIpc) is 3.18. The molecular weight excluding hydrogens is 332 g/mol. The highest BCUT2D eigenvalue weighted by Gasteiger charge is 2.72. The van der Waals surface area contributed by atoms with Gasteiger partial charge in [-0.15, -0.1) is 0 Å². The predicted octanol–water partition coefficient (Wildman–Crippen LogP) is 1.95. The van der Waals surface area contributed by atoms with Crippen LogP contribution < -0.4 is 4.90 Å². The number of anilines is 1. The van der Waals surface area contributed by atoms with Crippen molar-refractivity contribution >= 4 is 28.5 Å². The first kappa shape index (κ1) is 15.4. The van der Waals surface area contributed by atoms with Gasteiger partial charge in [-0.2, -0.15) is 5.26 Å². The van der Waals surface area contributed by atoms with E-state index in [-0.39, 0.29) is 11.8 Å². The number of imide groups is 1. The third-order valence-electron chi connectivity index (χ3n) is 6.17. The van der Waals surface area contributed by atoms with Gasteiger partial charge in [-0.05, 0) is 38.8 Å². The van der Waals surface area contributed by atoms with Gasteiger partial charge in [-0.25, -0.2) is 4.90 Å². The molecule has 7 nitrogen and oxygen atoms in total. The molecule has 5 rings (SSSR count). The molecule has 3 fully saturated rings. The number of carbonyl (C=O) groups excluding carboxylic acids is 2. The molecule has 130 valence electrons. The second kappa shape index (κ2) is 4.65. The average molecular weight is 348 g/mol. The lowest BCUT2D eigenvalue weighted by Gasteiger charge is -2.27. The summed E-state index contributed by atoms with van der Waals surface area (Å²) in [6.45, 7) is 3.85. The topological polar surface area (TPSA) is 96.2 Å². The largest absolute Gasteiger partial charge is 0.367 e. The highest BCUT2D eigenvalue weighted by Crippen LogP contribution is 2.61. The van der Waals surface area contributed by atoms with Crippen LogP contribution in [0.2, 0.25) is 0 Å². The fourth-order valence-corrected chi connectivity index (χ4v) is 5.02. The molecule has 2 amide bonds. The minimum Gasteiger partial charge on any atom is -0.367 e. The number of ether oxygens (including phenoxy) is 1. The molecule has 3 aliphatic rings. The van der Waals surface area contributed by atoms with Gasteiger partial charge in [0, 0.05) is 12.4 Å². The molecule has 3 saturated heterocycles. The molecule has 0 spiro atoms. The molecule has 2 bridgehead atoms. The highest BCUT2D eigenvalue weighted by molar-refractivity contribution is 6.25. The summed E-state index contributed by atoms with van der Waals surface area (Å²) in [4.78, 5) is 36.2. The van der Waals surface area contributed by atoms with Crippen LogP contribution in [0.5, 0.6) is 0 Å².